The Labute approximate surface area is 153 Å². The number of benzene rings is 3. The van der Waals surface area contributed by atoms with Crippen molar-refractivity contribution >= 4 is 40.4 Å². The van der Waals surface area contributed by atoms with E-state index in [4.69, 9.17) is 17.4 Å². The number of halogens is 1. The van der Waals surface area contributed by atoms with Crippen molar-refractivity contribution in [2.75, 3.05) is 14.1 Å². The van der Waals surface area contributed by atoms with E-state index in [1.54, 1.807) is 6.21 Å². The summed E-state index contributed by atoms with van der Waals surface area (Å²) in [6.45, 7) is 0. The van der Waals surface area contributed by atoms with Crippen LogP contribution in [0.15, 0.2) is 65.8 Å². The van der Waals surface area contributed by atoms with Crippen LogP contribution in [0.2, 0.25) is 5.02 Å². The van der Waals surface area contributed by atoms with Gasteiger partial charge in [0.25, 0.3) is 0 Å². The Balaban J connectivity index is 2.11. The Hall–Kier alpha value is -2.78. The molecule has 0 aliphatic rings. The molecule has 0 unspecified atom stereocenters. The van der Waals surface area contributed by atoms with Crippen LogP contribution in [-0.2, 0) is 0 Å². The monoisotopic (exact) mass is 349 g/mol. The zero-order chi connectivity index (χ0) is 17.8. The minimum absolute atomic E-state index is 0.768. The van der Waals surface area contributed by atoms with Gasteiger partial charge in [0.15, 0.2) is 0 Å². The van der Waals surface area contributed by atoms with Crippen molar-refractivity contribution in [2.45, 2.75) is 0 Å². The normalized spacial score (nSPS) is 12.0. The molecule has 0 aromatic heterocycles. The molecule has 0 saturated carbocycles. The zero-order valence-electron chi connectivity index (χ0n) is 14.3. The van der Waals surface area contributed by atoms with Crippen LogP contribution in [0, 0.1) is 0 Å². The topological polar surface area (TPSA) is 41.6 Å². The van der Waals surface area contributed by atoms with E-state index in [1.165, 1.54) is 0 Å². The molecule has 4 heteroatoms. The number of fused-ring (bicyclic) bond motifs is 1. The van der Waals surface area contributed by atoms with E-state index >= 15 is 0 Å². The fraction of sp³-hybridized carbons (Fsp3) is 0.0952. The molecule has 2 N–H and O–H groups in total. The van der Waals surface area contributed by atoms with E-state index in [0.717, 1.165) is 38.2 Å². The predicted molar refractivity (Wildman–Crippen MR) is 109 cm³/mol. The number of nitrogens with two attached hydrogens (primary N) is 1. The summed E-state index contributed by atoms with van der Waals surface area (Å²) in [5.41, 5.74) is 4.35. The molecule has 0 amide bonds. The van der Waals surface area contributed by atoms with Crippen LogP contribution in [0.4, 0.5) is 0 Å². The largest absolute Gasteiger partial charge is 0.377 e. The summed E-state index contributed by atoms with van der Waals surface area (Å²) in [5.74, 6) is 5.21. The van der Waals surface area contributed by atoms with Gasteiger partial charge in [0.1, 0.15) is 0 Å². The van der Waals surface area contributed by atoms with Gasteiger partial charge in [-0.25, -0.2) is 0 Å². The van der Waals surface area contributed by atoms with Gasteiger partial charge in [-0.2, -0.15) is 5.10 Å². The number of hydrogen-bond acceptors (Lipinski definition) is 3. The lowest BCUT2D eigenvalue weighted by Crippen LogP contribution is -2.10. The first-order valence-corrected chi connectivity index (χ1v) is 8.38. The predicted octanol–water partition coefficient (Wildman–Crippen LogP) is 4.85. The van der Waals surface area contributed by atoms with Crippen molar-refractivity contribution in [3.05, 3.63) is 82.4 Å². The summed E-state index contributed by atoms with van der Waals surface area (Å²) < 4.78 is 0. The highest BCUT2D eigenvalue weighted by molar-refractivity contribution is 6.35. The number of hydrogen-bond donors (Lipinski definition) is 1. The Morgan fingerprint density at radius 3 is 2.28 bits per heavy atom. The molecule has 0 bridgehead atoms. The van der Waals surface area contributed by atoms with Crippen LogP contribution in [0.3, 0.4) is 0 Å². The molecule has 126 valence electrons. The standard InChI is InChI=1S/C21H20ClN3/c1-25(2)21(16-9-7-15(8-10-16)14-24-23)13-17-11-12-20(22)19-6-4-3-5-18(17)19/h3-14H,23H2,1-2H3/b21-13?,24-14+. The van der Waals surface area contributed by atoms with Gasteiger partial charge in [-0.1, -0.05) is 66.2 Å². The van der Waals surface area contributed by atoms with Crippen LogP contribution in [0.25, 0.3) is 22.5 Å². The van der Waals surface area contributed by atoms with Gasteiger partial charge in [0.2, 0.25) is 0 Å². The first-order chi connectivity index (χ1) is 12.1. The molecule has 0 atom stereocenters. The lowest BCUT2D eigenvalue weighted by atomic mass is 10.0. The average Bonchev–Trinajstić information content (AvgIpc) is 2.62. The molecule has 3 aromatic carbocycles. The van der Waals surface area contributed by atoms with E-state index in [-0.39, 0.29) is 0 Å². The Kier molecular flexibility index (Phi) is 5.05. The summed E-state index contributed by atoms with van der Waals surface area (Å²) in [6.07, 6.45) is 3.82. The highest BCUT2D eigenvalue weighted by atomic mass is 35.5. The second-order valence-corrected chi connectivity index (χ2v) is 6.41. The first kappa shape index (κ1) is 17.1. The van der Waals surface area contributed by atoms with Crippen LogP contribution in [0.1, 0.15) is 16.7 Å². The molecule has 3 aromatic rings. The summed E-state index contributed by atoms with van der Waals surface area (Å²) >= 11 is 6.34. The fourth-order valence-corrected chi connectivity index (χ4v) is 3.08. The molecule has 0 spiro atoms. The van der Waals surface area contributed by atoms with Crippen LogP contribution >= 0.6 is 11.6 Å². The maximum Gasteiger partial charge on any atom is 0.0538 e. The van der Waals surface area contributed by atoms with Gasteiger partial charge in [0, 0.05) is 30.2 Å². The second kappa shape index (κ2) is 7.41. The lowest BCUT2D eigenvalue weighted by molar-refractivity contribution is 0.595. The zero-order valence-corrected chi connectivity index (χ0v) is 15.0. The van der Waals surface area contributed by atoms with Crippen molar-refractivity contribution in [1.29, 1.82) is 0 Å². The van der Waals surface area contributed by atoms with Crippen LogP contribution in [-0.4, -0.2) is 25.2 Å². The minimum Gasteiger partial charge on any atom is -0.377 e. The van der Waals surface area contributed by atoms with Gasteiger partial charge in [-0.05, 0) is 34.2 Å². The van der Waals surface area contributed by atoms with Crippen molar-refractivity contribution in [3.63, 3.8) is 0 Å². The van der Waals surface area contributed by atoms with E-state index < -0.39 is 0 Å². The third-order valence-electron chi connectivity index (χ3n) is 4.11. The third kappa shape index (κ3) is 3.67. The van der Waals surface area contributed by atoms with Crippen molar-refractivity contribution in [2.24, 2.45) is 10.9 Å². The second-order valence-electron chi connectivity index (χ2n) is 6.01. The van der Waals surface area contributed by atoms with Crippen LogP contribution < -0.4 is 5.84 Å². The van der Waals surface area contributed by atoms with Crippen molar-refractivity contribution in [1.82, 2.24) is 4.90 Å². The highest BCUT2D eigenvalue weighted by Gasteiger charge is 2.08. The van der Waals surface area contributed by atoms with Crippen molar-refractivity contribution in [3.8, 4) is 0 Å². The third-order valence-corrected chi connectivity index (χ3v) is 4.44. The Bertz CT molecular complexity index is 941. The minimum atomic E-state index is 0.768. The maximum absolute atomic E-state index is 6.34. The van der Waals surface area contributed by atoms with Gasteiger partial charge in [-0.15, -0.1) is 0 Å². The molecule has 3 rings (SSSR count). The highest BCUT2D eigenvalue weighted by Crippen LogP contribution is 2.29. The van der Waals surface area contributed by atoms with E-state index in [0.29, 0.717) is 0 Å². The molecule has 0 heterocycles. The maximum atomic E-state index is 6.34. The van der Waals surface area contributed by atoms with Gasteiger partial charge in [0.05, 0.1) is 6.21 Å². The molecule has 0 saturated heterocycles. The van der Waals surface area contributed by atoms with E-state index in [9.17, 15) is 0 Å². The summed E-state index contributed by atoms with van der Waals surface area (Å²) in [5, 5.41) is 6.53. The molecule has 3 nitrogen and oxygen atoms in total. The molecule has 0 fully saturated rings. The number of hydrazone groups is 1. The fourth-order valence-electron chi connectivity index (χ4n) is 2.86. The number of nitrogens with zero attached hydrogens (tertiary/aromatic N) is 2. The van der Waals surface area contributed by atoms with Gasteiger partial charge < -0.3 is 10.7 Å². The summed E-state index contributed by atoms with van der Waals surface area (Å²) in [7, 11) is 4.08. The average molecular weight is 350 g/mol. The van der Waals surface area contributed by atoms with E-state index in [1.807, 2.05) is 50.5 Å². The number of rotatable bonds is 4. The van der Waals surface area contributed by atoms with Gasteiger partial charge in [-0.3, -0.25) is 0 Å². The quantitative estimate of drug-likeness (QED) is 0.317. The van der Waals surface area contributed by atoms with Crippen molar-refractivity contribution < 1.29 is 0 Å². The molecule has 25 heavy (non-hydrogen) atoms. The smallest absolute Gasteiger partial charge is 0.0538 e. The lowest BCUT2D eigenvalue weighted by Gasteiger charge is -2.18. The van der Waals surface area contributed by atoms with E-state index in [2.05, 4.69) is 40.3 Å². The summed E-state index contributed by atoms with van der Waals surface area (Å²) in [6, 6.07) is 20.3. The molecule has 0 aliphatic carbocycles. The molecule has 0 aliphatic heterocycles. The van der Waals surface area contributed by atoms with Gasteiger partial charge >= 0.3 is 0 Å². The summed E-state index contributed by atoms with van der Waals surface area (Å²) in [4.78, 5) is 2.11. The SMILES string of the molecule is CN(C)C(=Cc1ccc(Cl)c2ccccc12)c1ccc(/C=N/N)cc1. The Morgan fingerprint density at radius 2 is 1.64 bits per heavy atom. The molecule has 0 radical (unpaired) electrons. The first-order valence-electron chi connectivity index (χ1n) is 8.00. The Morgan fingerprint density at radius 1 is 0.960 bits per heavy atom. The van der Waals surface area contributed by atoms with Crippen LogP contribution in [0.5, 0.6) is 0 Å². The molecular formula is C21H20ClN3. The molecular weight excluding hydrogens is 330 g/mol.